The highest BCUT2D eigenvalue weighted by atomic mass is 16.5. The lowest BCUT2D eigenvalue weighted by Gasteiger charge is -2.32. The molecule has 0 aliphatic carbocycles. The van der Waals surface area contributed by atoms with Crippen molar-refractivity contribution in [3.8, 4) is 11.5 Å². The zero-order valence-electron chi connectivity index (χ0n) is 21.2. The fraction of sp³-hybridized carbons (Fsp3) is 0.481. The van der Waals surface area contributed by atoms with Crippen molar-refractivity contribution >= 4 is 23.1 Å². The molecule has 1 N–H and O–H groups in total. The topological polar surface area (TPSA) is 86.1 Å². The molecule has 1 aliphatic heterocycles. The third-order valence-electron chi connectivity index (χ3n) is 5.81. The van der Waals surface area contributed by atoms with Gasteiger partial charge in [-0.05, 0) is 76.4 Å². The zero-order valence-corrected chi connectivity index (χ0v) is 21.2. The first kappa shape index (κ1) is 24.9. The van der Waals surface area contributed by atoms with Gasteiger partial charge in [0.1, 0.15) is 17.0 Å². The van der Waals surface area contributed by atoms with Gasteiger partial charge < -0.3 is 23.9 Å². The predicted octanol–water partition coefficient (Wildman–Crippen LogP) is 5.27. The van der Waals surface area contributed by atoms with E-state index in [-0.39, 0.29) is 24.2 Å². The standard InChI is InChI=1S/C27H35N3O5/c1-17(2)33-22-12-19(13-23(15-22)34-18(3)4)16-30-10-8-21(9-11-30)28-27-29-24-14-20(26(31)32-5)6-7-25(24)35-27/h6-7,12-15,17-18,21H,8-11,16H2,1-5H3,(H,28,29). The van der Waals surface area contributed by atoms with Crippen molar-refractivity contribution in [1.82, 2.24) is 9.88 Å². The molecule has 3 aromatic rings. The Morgan fingerprint density at radius 3 is 2.31 bits per heavy atom. The van der Waals surface area contributed by atoms with Gasteiger partial charge in [0.15, 0.2) is 5.58 Å². The maximum absolute atomic E-state index is 11.8. The summed E-state index contributed by atoms with van der Waals surface area (Å²) in [6, 6.07) is 12.1. The Labute approximate surface area is 206 Å². The summed E-state index contributed by atoms with van der Waals surface area (Å²) in [6.07, 6.45) is 2.17. The molecule has 0 amide bonds. The zero-order chi connectivity index (χ0) is 24.9. The molecule has 188 valence electrons. The van der Waals surface area contributed by atoms with Crippen LogP contribution in [0, 0.1) is 0 Å². The van der Waals surface area contributed by atoms with Gasteiger partial charge in [-0.1, -0.05) is 0 Å². The highest BCUT2D eigenvalue weighted by Crippen LogP contribution is 2.27. The number of fused-ring (bicyclic) bond motifs is 1. The van der Waals surface area contributed by atoms with Crippen LogP contribution in [0.3, 0.4) is 0 Å². The summed E-state index contributed by atoms with van der Waals surface area (Å²) in [5.41, 5.74) is 2.92. The minimum absolute atomic E-state index is 0.109. The van der Waals surface area contributed by atoms with Crippen LogP contribution in [0.15, 0.2) is 40.8 Å². The molecule has 1 aromatic heterocycles. The maximum atomic E-state index is 11.8. The third kappa shape index (κ3) is 6.66. The van der Waals surface area contributed by atoms with Crippen LogP contribution in [-0.4, -0.2) is 54.3 Å². The minimum atomic E-state index is -0.388. The Bertz CT molecular complexity index is 1120. The summed E-state index contributed by atoms with van der Waals surface area (Å²) < 4.78 is 22.5. The molecule has 35 heavy (non-hydrogen) atoms. The number of hydrogen-bond acceptors (Lipinski definition) is 8. The van der Waals surface area contributed by atoms with Gasteiger partial charge in [-0.3, -0.25) is 4.90 Å². The number of anilines is 1. The SMILES string of the molecule is COC(=O)c1ccc2oc(NC3CCN(Cc4cc(OC(C)C)cc(OC(C)C)c4)CC3)nc2c1. The molecule has 2 heterocycles. The monoisotopic (exact) mass is 481 g/mol. The Morgan fingerprint density at radius 2 is 1.71 bits per heavy atom. The lowest BCUT2D eigenvalue weighted by atomic mass is 10.0. The molecular formula is C27H35N3O5. The minimum Gasteiger partial charge on any atom is -0.491 e. The maximum Gasteiger partial charge on any atom is 0.337 e. The number of methoxy groups -OCH3 is 1. The van der Waals surface area contributed by atoms with Crippen molar-refractivity contribution in [2.45, 2.75) is 65.3 Å². The van der Waals surface area contributed by atoms with Crippen molar-refractivity contribution in [3.05, 3.63) is 47.5 Å². The van der Waals surface area contributed by atoms with E-state index in [2.05, 4.69) is 27.3 Å². The van der Waals surface area contributed by atoms with E-state index in [4.69, 9.17) is 18.6 Å². The number of oxazole rings is 1. The van der Waals surface area contributed by atoms with Gasteiger partial charge in [-0.25, -0.2) is 4.79 Å². The highest BCUT2D eigenvalue weighted by molar-refractivity contribution is 5.93. The molecule has 2 aromatic carbocycles. The number of aromatic nitrogens is 1. The van der Waals surface area contributed by atoms with Crippen LogP contribution in [0.2, 0.25) is 0 Å². The molecule has 1 aliphatic rings. The number of carbonyl (C=O) groups excluding carboxylic acids is 1. The van der Waals surface area contributed by atoms with Gasteiger partial charge in [0.2, 0.25) is 0 Å². The first-order valence-corrected chi connectivity index (χ1v) is 12.2. The Kier molecular flexibility index (Phi) is 7.80. The van der Waals surface area contributed by atoms with E-state index >= 15 is 0 Å². The molecule has 0 atom stereocenters. The van der Waals surface area contributed by atoms with Crippen molar-refractivity contribution in [1.29, 1.82) is 0 Å². The first-order chi connectivity index (χ1) is 16.8. The molecule has 8 heteroatoms. The lowest BCUT2D eigenvalue weighted by Crippen LogP contribution is -2.38. The molecule has 0 bridgehead atoms. The average Bonchev–Trinajstić information content (AvgIpc) is 3.20. The second-order valence-corrected chi connectivity index (χ2v) is 9.53. The smallest absolute Gasteiger partial charge is 0.337 e. The summed E-state index contributed by atoms with van der Waals surface area (Å²) in [5, 5.41) is 3.42. The quantitative estimate of drug-likeness (QED) is 0.414. The Hall–Kier alpha value is -3.26. The van der Waals surface area contributed by atoms with Crippen LogP contribution < -0.4 is 14.8 Å². The second kappa shape index (κ2) is 11.0. The number of hydrogen-bond donors (Lipinski definition) is 1. The van der Waals surface area contributed by atoms with Crippen LogP contribution in [0.4, 0.5) is 6.01 Å². The van der Waals surface area contributed by atoms with Crippen LogP contribution in [-0.2, 0) is 11.3 Å². The summed E-state index contributed by atoms with van der Waals surface area (Å²) in [7, 11) is 1.36. The van der Waals surface area contributed by atoms with Gasteiger partial charge in [0, 0.05) is 31.7 Å². The van der Waals surface area contributed by atoms with Crippen molar-refractivity contribution in [3.63, 3.8) is 0 Å². The second-order valence-electron chi connectivity index (χ2n) is 9.53. The molecule has 0 saturated carbocycles. The van der Waals surface area contributed by atoms with E-state index in [1.807, 2.05) is 33.8 Å². The van der Waals surface area contributed by atoms with Crippen molar-refractivity contribution in [2.75, 3.05) is 25.5 Å². The lowest BCUT2D eigenvalue weighted by molar-refractivity contribution is 0.0601. The summed E-state index contributed by atoms with van der Waals surface area (Å²) in [5.74, 6) is 1.30. The summed E-state index contributed by atoms with van der Waals surface area (Å²) >= 11 is 0. The molecule has 0 spiro atoms. The average molecular weight is 482 g/mol. The van der Waals surface area contributed by atoms with E-state index in [1.54, 1.807) is 18.2 Å². The number of rotatable bonds is 9. The van der Waals surface area contributed by atoms with Gasteiger partial charge >= 0.3 is 5.97 Å². The fourth-order valence-corrected chi connectivity index (χ4v) is 4.30. The molecule has 0 unspecified atom stereocenters. The highest BCUT2D eigenvalue weighted by Gasteiger charge is 2.22. The van der Waals surface area contributed by atoms with Gasteiger partial charge in [0.25, 0.3) is 6.01 Å². The van der Waals surface area contributed by atoms with E-state index in [0.29, 0.717) is 22.7 Å². The fourth-order valence-electron chi connectivity index (χ4n) is 4.30. The Morgan fingerprint density at radius 1 is 1.06 bits per heavy atom. The van der Waals surface area contributed by atoms with E-state index < -0.39 is 0 Å². The molecule has 0 radical (unpaired) electrons. The van der Waals surface area contributed by atoms with Crippen molar-refractivity contribution in [2.24, 2.45) is 0 Å². The summed E-state index contributed by atoms with van der Waals surface area (Å²) in [4.78, 5) is 18.7. The number of nitrogens with zero attached hydrogens (tertiary/aromatic N) is 2. The van der Waals surface area contributed by atoms with E-state index in [1.165, 1.54) is 12.7 Å². The first-order valence-electron chi connectivity index (χ1n) is 12.2. The van der Waals surface area contributed by atoms with E-state index in [0.717, 1.165) is 44.0 Å². The third-order valence-corrected chi connectivity index (χ3v) is 5.81. The largest absolute Gasteiger partial charge is 0.491 e. The number of piperidine rings is 1. The Balaban J connectivity index is 1.35. The van der Waals surface area contributed by atoms with E-state index in [9.17, 15) is 4.79 Å². The number of ether oxygens (including phenoxy) is 3. The van der Waals surface area contributed by atoms with Crippen LogP contribution >= 0.6 is 0 Å². The number of esters is 1. The van der Waals surface area contributed by atoms with Crippen molar-refractivity contribution < 1.29 is 23.4 Å². The normalized spacial score (nSPS) is 15.1. The number of benzene rings is 2. The van der Waals surface area contributed by atoms with Crippen LogP contribution in [0.5, 0.6) is 11.5 Å². The summed E-state index contributed by atoms with van der Waals surface area (Å²) in [6.45, 7) is 10.9. The molecule has 8 nitrogen and oxygen atoms in total. The van der Waals surface area contributed by atoms with Crippen LogP contribution in [0.1, 0.15) is 56.5 Å². The predicted molar refractivity (Wildman–Crippen MR) is 135 cm³/mol. The molecule has 1 fully saturated rings. The molecular weight excluding hydrogens is 446 g/mol. The number of carbonyl (C=O) groups is 1. The number of nitrogens with one attached hydrogen (secondary N) is 1. The van der Waals surface area contributed by atoms with Crippen LogP contribution in [0.25, 0.3) is 11.1 Å². The van der Waals surface area contributed by atoms with Gasteiger partial charge in [-0.15, -0.1) is 0 Å². The van der Waals surface area contributed by atoms with Gasteiger partial charge in [0.05, 0.1) is 24.9 Å². The molecule has 4 rings (SSSR count). The molecule has 1 saturated heterocycles. The number of likely N-dealkylation sites (tertiary alicyclic amines) is 1. The van der Waals surface area contributed by atoms with Gasteiger partial charge in [-0.2, -0.15) is 4.98 Å².